The quantitative estimate of drug-likeness (QED) is 0.683. The molecule has 1 aromatic rings. The summed E-state index contributed by atoms with van der Waals surface area (Å²) >= 11 is 0. The predicted molar refractivity (Wildman–Crippen MR) is 76.6 cm³/mol. The van der Waals surface area contributed by atoms with E-state index in [2.05, 4.69) is 12.2 Å². The van der Waals surface area contributed by atoms with E-state index in [1.807, 2.05) is 0 Å². The summed E-state index contributed by atoms with van der Waals surface area (Å²) in [6.07, 6.45) is 5.55. The van der Waals surface area contributed by atoms with Crippen molar-refractivity contribution < 1.29 is 14.1 Å². The van der Waals surface area contributed by atoms with E-state index in [1.165, 1.54) is 6.42 Å². The van der Waals surface area contributed by atoms with Crippen molar-refractivity contribution >= 4 is 11.6 Å². The minimum absolute atomic E-state index is 0.0328. The first-order chi connectivity index (χ1) is 9.91. The number of hydrogen-bond acceptors (Lipinski definition) is 3. The maximum Gasteiger partial charge on any atom is 0.270 e. The lowest BCUT2D eigenvalue weighted by Gasteiger charge is -2.33. The molecular formula is C15H19FN2O3. The van der Waals surface area contributed by atoms with Crippen LogP contribution in [0.4, 0.5) is 10.1 Å². The van der Waals surface area contributed by atoms with Crippen LogP contribution in [0.3, 0.4) is 0 Å². The third-order valence-electron chi connectivity index (χ3n) is 4.14. The molecule has 1 aliphatic carbocycles. The zero-order chi connectivity index (χ0) is 15.5. The van der Waals surface area contributed by atoms with Crippen LogP contribution in [0.2, 0.25) is 0 Å². The molecule has 0 unspecified atom stereocenters. The molecule has 6 heteroatoms. The molecule has 5 nitrogen and oxygen atoms in total. The first-order valence-corrected chi connectivity index (χ1v) is 7.13. The van der Waals surface area contributed by atoms with Gasteiger partial charge in [-0.25, -0.2) is 4.39 Å². The minimum atomic E-state index is -0.744. The number of carbonyl (C=O) groups is 1. The third kappa shape index (κ3) is 3.77. The molecule has 21 heavy (non-hydrogen) atoms. The Kier molecular flexibility index (Phi) is 4.55. The molecule has 0 aliphatic heterocycles. The Morgan fingerprint density at radius 3 is 2.67 bits per heavy atom. The number of nitro groups is 1. The Bertz CT molecular complexity index is 554. The Labute approximate surface area is 122 Å². The van der Waals surface area contributed by atoms with Crippen LogP contribution in [0.5, 0.6) is 0 Å². The molecule has 1 aromatic carbocycles. The van der Waals surface area contributed by atoms with E-state index in [0.29, 0.717) is 6.54 Å². The summed E-state index contributed by atoms with van der Waals surface area (Å²) in [4.78, 5) is 22.1. The Balaban J connectivity index is 2.06. The standard InChI is InChI=1S/C15H19FN2O3/c1-15(7-3-2-4-8-15)10-17-14(19)12-9-11(18(20)21)5-6-13(12)16/h5-6,9H,2-4,7-8,10H2,1H3,(H,17,19). The number of hydrogen-bond donors (Lipinski definition) is 1. The van der Waals surface area contributed by atoms with Crippen molar-refractivity contribution in [3.63, 3.8) is 0 Å². The molecule has 2 rings (SSSR count). The highest BCUT2D eigenvalue weighted by Crippen LogP contribution is 2.35. The largest absolute Gasteiger partial charge is 0.351 e. The molecule has 1 aliphatic rings. The van der Waals surface area contributed by atoms with Gasteiger partial charge in [-0.3, -0.25) is 14.9 Å². The van der Waals surface area contributed by atoms with Crippen LogP contribution >= 0.6 is 0 Å². The number of nitrogens with one attached hydrogen (secondary N) is 1. The highest BCUT2D eigenvalue weighted by Gasteiger charge is 2.28. The lowest BCUT2D eigenvalue weighted by Crippen LogP contribution is -2.37. The zero-order valence-corrected chi connectivity index (χ0v) is 12.0. The first kappa shape index (κ1) is 15.4. The topological polar surface area (TPSA) is 72.2 Å². The molecule has 0 spiro atoms. The van der Waals surface area contributed by atoms with Gasteiger partial charge in [0.2, 0.25) is 0 Å². The van der Waals surface area contributed by atoms with E-state index in [1.54, 1.807) is 0 Å². The molecule has 0 radical (unpaired) electrons. The SMILES string of the molecule is CC1(CNC(=O)c2cc([N+](=O)[O-])ccc2F)CCCCC1. The molecule has 1 N–H and O–H groups in total. The number of nitro benzene ring substituents is 1. The van der Waals surface area contributed by atoms with E-state index in [0.717, 1.165) is 43.9 Å². The van der Waals surface area contributed by atoms with Gasteiger partial charge in [0.05, 0.1) is 10.5 Å². The average molecular weight is 294 g/mol. The van der Waals surface area contributed by atoms with Gasteiger partial charge in [-0.15, -0.1) is 0 Å². The van der Waals surface area contributed by atoms with E-state index >= 15 is 0 Å². The average Bonchev–Trinajstić information content (AvgIpc) is 2.46. The zero-order valence-electron chi connectivity index (χ0n) is 12.0. The molecule has 0 aromatic heterocycles. The molecule has 0 atom stereocenters. The normalized spacial score (nSPS) is 17.2. The number of halogens is 1. The van der Waals surface area contributed by atoms with E-state index in [-0.39, 0.29) is 16.7 Å². The van der Waals surface area contributed by atoms with Crippen LogP contribution in [-0.4, -0.2) is 17.4 Å². The summed E-state index contributed by atoms with van der Waals surface area (Å²) in [5.41, 5.74) is -0.528. The monoisotopic (exact) mass is 294 g/mol. The Morgan fingerprint density at radius 1 is 1.38 bits per heavy atom. The minimum Gasteiger partial charge on any atom is -0.351 e. The molecule has 114 valence electrons. The number of benzene rings is 1. The molecule has 0 heterocycles. The lowest BCUT2D eigenvalue weighted by atomic mass is 9.76. The number of carbonyl (C=O) groups excluding carboxylic acids is 1. The molecule has 0 saturated heterocycles. The van der Waals surface area contributed by atoms with Crippen molar-refractivity contribution in [1.82, 2.24) is 5.32 Å². The van der Waals surface area contributed by atoms with E-state index in [4.69, 9.17) is 0 Å². The maximum absolute atomic E-state index is 13.7. The van der Waals surface area contributed by atoms with Crippen molar-refractivity contribution in [1.29, 1.82) is 0 Å². The van der Waals surface area contributed by atoms with Gasteiger partial charge in [-0.05, 0) is 24.3 Å². The van der Waals surface area contributed by atoms with Gasteiger partial charge in [-0.1, -0.05) is 26.2 Å². The molecular weight excluding hydrogens is 275 g/mol. The fourth-order valence-corrected chi connectivity index (χ4v) is 2.77. The maximum atomic E-state index is 13.7. The van der Waals surface area contributed by atoms with E-state index in [9.17, 15) is 19.3 Å². The third-order valence-corrected chi connectivity index (χ3v) is 4.14. The van der Waals surface area contributed by atoms with Crippen molar-refractivity contribution in [2.75, 3.05) is 6.54 Å². The lowest BCUT2D eigenvalue weighted by molar-refractivity contribution is -0.384. The summed E-state index contributed by atoms with van der Waals surface area (Å²) < 4.78 is 13.7. The van der Waals surface area contributed by atoms with Gasteiger partial charge in [0.15, 0.2) is 0 Å². The second-order valence-corrected chi connectivity index (χ2v) is 5.98. The number of nitrogens with zero attached hydrogens (tertiary/aromatic N) is 1. The molecule has 0 bridgehead atoms. The number of rotatable bonds is 4. The summed E-state index contributed by atoms with van der Waals surface area (Å²) in [7, 11) is 0. The van der Waals surface area contributed by atoms with Crippen LogP contribution < -0.4 is 5.32 Å². The van der Waals surface area contributed by atoms with Crippen molar-refractivity contribution in [2.45, 2.75) is 39.0 Å². The van der Waals surface area contributed by atoms with Crippen molar-refractivity contribution in [2.24, 2.45) is 5.41 Å². The molecule has 1 saturated carbocycles. The van der Waals surface area contributed by atoms with Crippen LogP contribution in [0.1, 0.15) is 49.4 Å². The Hall–Kier alpha value is -1.98. The fourth-order valence-electron chi connectivity index (χ4n) is 2.77. The van der Waals surface area contributed by atoms with Gasteiger partial charge in [0.25, 0.3) is 11.6 Å². The van der Waals surface area contributed by atoms with Gasteiger partial charge in [-0.2, -0.15) is 0 Å². The van der Waals surface area contributed by atoms with Crippen LogP contribution in [0.25, 0.3) is 0 Å². The summed E-state index contributed by atoms with van der Waals surface area (Å²) in [6, 6.07) is 2.98. The van der Waals surface area contributed by atoms with Gasteiger partial charge >= 0.3 is 0 Å². The Morgan fingerprint density at radius 2 is 2.05 bits per heavy atom. The van der Waals surface area contributed by atoms with Crippen LogP contribution in [0, 0.1) is 21.3 Å². The van der Waals surface area contributed by atoms with Crippen molar-refractivity contribution in [3.05, 3.63) is 39.7 Å². The smallest absolute Gasteiger partial charge is 0.270 e. The fraction of sp³-hybridized carbons (Fsp3) is 0.533. The first-order valence-electron chi connectivity index (χ1n) is 7.13. The second-order valence-electron chi connectivity index (χ2n) is 5.98. The molecule has 1 amide bonds. The highest BCUT2D eigenvalue weighted by atomic mass is 19.1. The van der Waals surface area contributed by atoms with Gasteiger partial charge in [0, 0.05) is 18.7 Å². The van der Waals surface area contributed by atoms with Crippen molar-refractivity contribution in [3.8, 4) is 0 Å². The summed E-state index contributed by atoms with van der Waals surface area (Å²) in [5.74, 6) is -1.34. The van der Waals surface area contributed by atoms with Crippen LogP contribution in [0.15, 0.2) is 18.2 Å². The highest BCUT2D eigenvalue weighted by molar-refractivity contribution is 5.95. The van der Waals surface area contributed by atoms with E-state index < -0.39 is 16.6 Å². The van der Waals surface area contributed by atoms with Crippen LogP contribution in [-0.2, 0) is 0 Å². The van der Waals surface area contributed by atoms with Gasteiger partial charge < -0.3 is 5.32 Å². The second kappa shape index (κ2) is 6.20. The summed E-state index contributed by atoms with van der Waals surface area (Å²) in [6.45, 7) is 2.57. The predicted octanol–water partition coefficient (Wildman–Crippen LogP) is 3.43. The van der Waals surface area contributed by atoms with Gasteiger partial charge in [0.1, 0.15) is 5.82 Å². The number of non-ortho nitro benzene ring substituents is 1. The molecule has 1 fully saturated rings. The summed E-state index contributed by atoms with van der Waals surface area (Å²) in [5, 5.41) is 13.4. The number of amides is 1.